The number of carbonyl (C=O) groups excluding carboxylic acids is 2. The molecule has 0 aliphatic carbocycles. The van der Waals surface area contributed by atoms with Crippen molar-refractivity contribution < 1.29 is 14.1 Å². The van der Waals surface area contributed by atoms with Crippen LogP contribution in [0.15, 0.2) is 47.1 Å². The fourth-order valence-corrected chi connectivity index (χ4v) is 3.06. The first kappa shape index (κ1) is 17.0. The van der Waals surface area contributed by atoms with Gasteiger partial charge in [0.2, 0.25) is 0 Å². The molecular formula is C19H19N5O3. The zero-order valence-electron chi connectivity index (χ0n) is 14.9. The Morgan fingerprint density at radius 2 is 2.07 bits per heavy atom. The minimum Gasteiger partial charge on any atom is -0.361 e. The molecule has 0 bridgehead atoms. The number of imidazole rings is 1. The normalized spacial score (nSPS) is 13.5. The van der Waals surface area contributed by atoms with E-state index in [1.54, 1.807) is 24.1 Å². The Balaban J connectivity index is 1.42. The van der Waals surface area contributed by atoms with E-state index in [9.17, 15) is 9.59 Å². The highest BCUT2D eigenvalue weighted by Crippen LogP contribution is 2.16. The summed E-state index contributed by atoms with van der Waals surface area (Å²) in [4.78, 5) is 31.0. The largest absolute Gasteiger partial charge is 0.361 e. The lowest BCUT2D eigenvalue weighted by molar-refractivity contribution is 0.0683. The van der Waals surface area contributed by atoms with Gasteiger partial charge in [-0.25, -0.2) is 4.98 Å². The average Bonchev–Trinajstić information content (AvgIpc) is 3.29. The molecule has 0 saturated carbocycles. The van der Waals surface area contributed by atoms with Crippen LogP contribution in [0.2, 0.25) is 0 Å². The second-order valence-electron chi connectivity index (χ2n) is 6.47. The van der Waals surface area contributed by atoms with Gasteiger partial charge in [0.05, 0.1) is 12.2 Å². The van der Waals surface area contributed by atoms with Crippen LogP contribution in [0.5, 0.6) is 0 Å². The van der Waals surface area contributed by atoms with Gasteiger partial charge in [0, 0.05) is 31.9 Å². The molecular weight excluding hydrogens is 346 g/mol. The standard InChI is InChI=1S/C19H19N5O3/c1-13-9-16(22-27-13)18(25)20-10-15-12-23-7-8-24(19(26)17(23)21-15)11-14-5-3-2-4-6-14/h2-6,9,12H,7-8,10-11H2,1H3,(H,20,25). The summed E-state index contributed by atoms with van der Waals surface area (Å²) in [5, 5.41) is 6.42. The van der Waals surface area contributed by atoms with E-state index in [0.29, 0.717) is 36.9 Å². The Morgan fingerprint density at radius 1 is 1.26 bits per heavy atom. The van der Waals surface area contributed by atoms with Crippen LogP contribution in [-0.4, -0.2) is 38.0 Å². The van der Waals surface area contributed by atoms with Crippen molar-refractivity contribution in [3.05, 3.63) is 71.1 Å². The monoisotopic (exact) mass is 365 g/mol. The molecule has 3 heterocycles. The van der Waals surface area contributed by atoms with Gasteiger partial charge >= 0.3 is 0 Å². The predicted octanol–water partition coefficient (Wildman–Crippen LogP) is 1.77. The highest BCUT2D eigenvalue weighted by atomic mass is 16.5. The van der Waals surface area contributed by atoms with E-state index in [4.69, 9.17) is 4.52 Å². The van der Waals surface area contributed by atoms with Crippen molar-refractivity contribution >= 4 is 11.8 Å². The van der Waals surface area contributed by atoms with Crippen molar-refractivity contribution in [2.24, 2.45) is 0 Å². The average molecular weight is 365 g/mol. The molecule has 8 nitrogen and oxygen atoms in total. The first-order valence-electron chi connectivity index (χ1n) is 8.71. The van der Waals surface area contributed by atoms with Crippen LogP contribution in [0, 0.1) is 6.92 Å². The molecule has 0 atom stereocenters. The summed E-state index contributed by atoms with van der Waals surface area (Å²) < 4.78 is 6.74. The summed E-state index contributed by atoms with van der Waals surface area (Å²) in [6.45, 7) is 3.80. The third-order valence-corrected chi connectivity index (χ3v) is 4.42. The van der Waals surface area contributed by atoms with Crippen LogP contribution in [-0.2, 0) is 19.6 Å². The fraction of sp³-hybridized carbons (Fsp3) is 0.263. The van der Waals surface area contributed by atoms with E-state index >= 15 is 0 Å². The number of carbonyl (C=O) groups is 2. The number of nitrogens with one attached hydrogen (secondary N) is 1. The molecule has 138 valence electrons. The number of aryl methyl sites for hydroxylation is 1. The molecule has 0 fully saturated rings. The first-order chi connectivity index (χ1) is 13.1. The van der Waals surface area contributed by atoms with Gasteiger partial charge in [0.25, 0.3) is 11.8 Å². The molecule has 2 aromatic heterocycles. The number of aromatic nitrogens is 3. The lowest BCUT2D eigenvalue weighted by Crippen LogP contribution is -2.39. The van der Waals surface area contributed by atoms with Crippen molar-refractivity contribution in [3.63, 3.8) is 0 Å². The van der Waals surface area contributed by atoms with Gasteiger partial charge in [0.1, 0.15) is 5.76 Å². The van der Waals surface area contributed by atoms with E-state index in [1.165, 1.54) is 0 Å². The van der Waals surface area contributed by atoms with Crippen LogP contribution >= 0.6 is 0 Å². The second-order valence-corrected chi connectivity index (χ2v) is 6.47. The SMILES string of the molecule is Cc1cc(C(=O)NCc2cn3c(n2)C(=O)N(Cc2ccccc2)CC3)no1. The Hall–Kier alpha value is -3.42. The summed E-state index contributed by atoms with van der Waals surface area (Å²) in [5.74, 6) is 0.532. The van der Waals surface area contributed by atoms with Crippen LogP contribution in [0.1, 0.15) is 38.1 Å². The third-order valence-electron chi connectivity index (χ3n) is 4.42. The maximum Gasteiger partial charge on any atom is 0.290 e. The number of hydrogen-bond donors (Lipinski definition) is 1. The van der Waals surface area contributed by atoms with Gasteiger partial charge in [-0.2, -0.15) is 0 Å². The molecule has 1 aliphatic heterocycles. The molecule has 0 unspecified atom stereocenters. The summed E-state index contributed by atoms with van der Waals surface area (Å²) >= 11 is 0. The maximum atomic E-state index is 12.7. The van der Waals surface area contributed by atoms with E-state index in [-0.39, 0.29) is 24.1 Å². The van der Waals surface area contributed by atoms with Crippen LogP contribution in [0.3, 0.4) is 0 Å². The van der Waals surface area contributed by atoms with E-state index in [0.717, 1.165) is 5.56 Å². The van der Waals surface area contributed by atoms with E-state index in [1.807, 2.05) is 34.9 Å². The Morgan fingerprint density at radius 3 is 2.81 bits per heavy atom. The lowest BCUT2D eigenvalue weighted by atomic mass is 10.2. The number of amides is 2. The van der Waals surface area contributed by atoms with Gasteiger partial charge in [0.15, 0.2) is 11.5 Å². The molecule has 1 N–H and O–H groups in total. The highest BCUT2D eigenvalue weighted by Gasteiger charge is 2.27. The molecule has 4 rings (SSSR count). The smallest absolute Gasteiger partial charge is 0.290 e. The lowest BCUT2D eigenvalue weighted by Gasteiger charge is -2.27. The molecule has 8 heteroatoms. The zero-order valence-corrected chi connectivity index (χ0v) is 14.9. The van der Waals surface area contributed by atoms with Gasteiger partial charge in [-0.15, -0.1) is 0 Å². The van der Waals surface area contributed by atoms with Gasteiger partial charge in [-0.3, -0.25) is 9.59 Å². The van der Waals surface area contributed by atoms with Crippen LogP contribution in [0.4, 0.5) is 0 Å². The second kappa shape index (κ2) is 7.06. The van der Waals surface area contributed by atoms with Gasteiger partial charge < -0.3 is 19.3 Å². The number of fused-ring (bicyclic) bond motifs is 1. The van der Waals surface area contributed by atoms with Crippen molar-refractivity contribution in [3.8, 4) is 0 Å². The molecule has 1 aromatic carbocycles. The molecule has 27 heavy (non-hydrogen) atoms. The van der Waals surface area contributed by atoms with Gasteiger partial charge in [-0.1, -0.05) is 35.5 Å². The van der Waals surface area contributed by atoms with E-state index in [2.05, 4.69) is 15.5 Å². The van der Waals surface area contributed by atoms with Crippen LogP contribution < -0.4 is 5.32 Å². The van der Waals surface area contributed by atoms with Crippen LogP contribution in [0.25, 0.3) is 0 Å². The van der Waals surface area contributed by atoms with Gasteiger partial charge in [-0.05, 0) is 12.5 Å². The summed E-state index contributed by atoms with van der Waals surface area (Å²) in [6, 6.07) is 11.4. The van der Waals surface area contributed by atoms with Crippen molar-refractivity contribution in [1.82, 2.24) is 24.9 Å². The maximum absolute atomic E-state index is 12.7. The molecule has 0 saturated heterocycles. The fourth-order valence-electron chi connectivity index (χ4n) is 3.06. The minimum atomic E-state index is -0.338. The Bertz CT molecular complexity index is 976. The molecule has 1 aliphatic rings. The van der Waals surface area contributed by atoms with Crippen molar-refractivity contribution in [2.75, 3.05) is 6.54 Å². The Kier molecular flexibility index (Phi) is 4.45. The number of hydrogen-bond acceptors (Lipinski definition) is 5. The minimum absolute atomic E-state index is 0.102. The molecule has 0 spiro atoms. The molecule has 2 amide bonds. The Labute approximate surface area is 155 Å². The molecule has 3 aromatic rings. The first-order valence-corrected chi connectivity index (χ1v) is 8.71. The topological polar surface area (TPSA) is 93.3 Å². The number of benzene rings is 1. The molecule has 0 radical (unpaired) electrons. The summed E-state index contributed by atoms with van der Waals surface area (Å²) in [5.41, 5.74) is 1.94. The van der Waals surface area contributed by atoms with E-state index < -0.39 is 0 Å². The highest BCUT2D eigenvalue weighted by molar-refractivity contribution is 5.92. The summed E-state index contributed by atoms with van der Waals surface area (Å²) in [7, 11) is 0. The predicted molar refractivity (Wildman–Crippen MR) is 95.8 cm³/mol. The number of nitrogens with zero attached hydrogens (tertiary/aromatic N) is 4. The quantitative estimate of drug-likeness (QED) is 0.744. The third kappa shape index (κ3) is 3.59. The number of rotatable bonds is 5. The van der Waals surface area contributed by atoms with Crippen molar-refractivity contribution in [2.45, 2.75) is 26.6 Å². The summed E-state index contributed by atoms with van der Waals surface area (Å²) in [6.07, 6.45) is 1.81. The zero-order chi connectivity index (χ0) is 18.8. The van der Waals surface area contributed by atoms with Crippen molar-refractivity contribution in [1.29, 1.82) is 0 Å².